The summed E-state index contributed by atoms with van der Waals surface area (Å²) in [5.74, 6) is 0.744. The first-order valence-electron chi connectivity index (χ1n) is 9.93. The van der Waals surface area contributed by atoms with Gasteiger partial charge in [-0.1, -0.05) is 19.1 Å². The summed E-state index contributed by atoms with van der Waals surface area (Å²) in [4.78, 5) is 30.6. The quantitative estimate of drug-likeness (QED) is 0.680. The minimum Gasteiger partial charge on any atom is -0.440 e. The van der Waals surface area contributed by atoms with Crippen molar-refractivity contribution in [2.24, 2.45) is 0 Å². The molecule has 1 atom stereocenters. The van der Waals surface area contributed by atoms with Crippen LogP contribution in [0.5, 0.6) is 0 Å². The number of amides is 3. The Hall–Kier alpha value is -3.35. The average molecular weight is 392 g/mol. The predicted octanol–water partition coefficient (Wildman–Crippen LogP) is 4.59. The zero-order chi connectivity index (χ0) is 20.2. The maximum absolute atomic E-state index is 12.7. The smallest absolute Gasteiger partial charge is 0.321 e. The first kappa shape index (κ1) is 19.0. The van der Waals surface area contributed by atoms with E-state index in [4.69, 9.17) is 4.42 Å². The molecular weight excluding hydrogens is 368 g/mol. The average Bonchev–Trinajstić information content (AvgIpc) is 3.19. The molecule has 0 radical (unpaired) electrons. The van der Waals surface area contributed by atoms with Crippen LogP contribution in [-0.4, -0.2) is 34.9 Å². The predicted molar refractivity (Wildman–Crippen MR) is 112 cm³/mol. The Balaban J connectivity index is 1.39. The number of nitrogens with zero attached hydrogens (tertiary/aromatic N) is 2. The van der Waals surface area contributed by atoms with Crippen LogP contribution in [0, 0.1) is 0 Å². The van der Waals surface area contributed by atoms with E-state index in [9.17, 15) is 9.59 Å². The number of oxazole rings is 1. The van der Waals surface area contributed by atoms with E-state index in [1.807, 2.05) is 24.3 Å². The van der Waals surface area contributed by atoms with Crippen molar-refractivity contribution in [1.82, 2.24) is 9.88 Å². The monoisotopic (exact) mass is 392 g/mol. The molecule has 0 saturated carbocycles. The van der Waals surface area contributed by atoms with Gasteiger partial charge in [0.05, 0.1) is 5.92 Å². The molecule has 3 amide bonds. The first-order chi connectivity index (χ1) is 14.1. The van der Waals surface area contributed by atoms with Gasteiger partial charge in [-0.3, -0.25) is 4.79 Å². The summed E-state index contributed by atoms with van der Waals surface area (Å²) in [5, 5.41) is 5.72. The van der Waals surface area contributed by atoms with E-state index in [0.29, 0.717) is 36.8 Å². The van der Waals surface area contributed by atoms with Crippen LogP contribution in [0.15, 0.2) is 52.9 Å². The van der Waals surface area contributed by atoms with Gasteiger partial charge < -0.3 is 20.0 Å². The second-order valence-electron chi connectivity index (χ2n) is 7.21. The number of hydrogen-bond donors (Lipinski definition) is 2. The number of carbonyl (C=O) groups excluding carboxylic acids is 2. The molecule has 2 N–H and O–H groups in total. The lowest BCUT2D eigenvalue weighted by atomic mass is 9.98. The number of hydrogen-bond acceptors (Lipinski definition) is 4. The fourth-order valence-electron chi connectivity index (χ4n) is 3.52. The normalized spacial score (nSPS) is 16.6. The molecule has 7 heteroatoms. The Morgan fingerprint density at radius 2 is 1.83 bits per heavy atom. The van der Waals surface area contributed by atoms with E-state index < -0.39 is 0 Å². The number of aromatic nitrogens is 1. The van der Waals surface area contributed by atoms with Gasteiger partial charge in [0.2, 0.25) is 5.91 Å². The molecule has 1 saturated heterocycles. The van der Waals surface area contributed by atoms with Crippen LogP contribution in [0.4, 0.5) is 16.2 Å². The lowest BCUT2D eigenvalue weighted by Crippen LogP contribution is -2.41. The highest BCUT2D eigenvalue weighted by molar-refractivity contribution is 5.92. The highest BCUT2D eigenvalue weighted by Crippen LogP contribution is 2.29. The van der Waals surface area contributed by atoms with Crippen molar-refractivity contribution in [3.05, 3.63) is 54.4 Å². The lowest BCUT2D eigenvalue weighted by molar-refractivity contribution is -0.115. The Bertz CT molecular complexity index is 979. The van der Waals surface area contributed by atoms with Gasteiger partial charge in [0.25, 0.3) is 0 Å². The van der Waals surface area contributed by atoms with Gasteiger partial charge in [0.1, 0.15) is 5.52 Å². The molecule has 1 aliphatic heterocycles. The van der Waals surface area contributed by atoms with Crippen molar-refractivity contribution in [3.8, 4) is 0 Å². The lowest BCUT2D eigenvalue weighted by Gasteiger charge is -2.31. The number of benzene rings is 2. The van der Waals surface area contributed by atoms with Gasteiger partial charge in [-0.15, -0.1) is 0 Å². The van der Waals surface area contributed by atoms with E-state index in [1.165, 1.54) is 0 Å². The third kappa shape index (κ3) is 4.39. The molecule has 0 aliphatic carbocycles. The maximum atomic E-state index is 12.7. The molecule has 4 rings (SSSR count). The molecule has 0 bridgehead atoms. The molecule has 7 nitrogen and oxygen atoms in total. The van der Waals surface area contributed by atoms with Crippen LogP contribution in [0.25, 0.3) is 11.1 Å². The Morgan fingerprint density at radius 1 is 1.10 bits per heavy atom. The van der Waals surface area contributed by atoms with Crippen molar-refractivity contribution in [3.63, 3.8) is 0 Å². The maximum Gasteiger partial charge on any atom is 0.321 e. The molecule has 1 fully saturated rings. The summed E-state index contributed by atoms with van der Waals surface area (Å²) in [6.07, 6.45) is 2.27. The van der Waals surface area contributed by atoms with Crippen molar-refractivity contribution >= 4 is 34.4 Å². The second-order valence-corrected chi connectivity index (χ2v) is 7.21. The van der Waals surface area contributed by atoms with E-state index in [2.05, 4.69) is 15.6 Å². The topological polar surface area (TPSA) is 87.5 Å². The van der Waals surface area contributed by atoms with Gasteiger partial charge in [-0.05, 0) is 49.2 Å². The largest absolute Gasteiger partial charge is 0.440 e. The van der Waals surface area contributed by atoms with Gasteiger partial charge in [-0.2, -0.15) is 0 Å². The van der Waals surface area contributed by atoms with Gasteiger partial charge in [0.15, 0.2) is 11.5 Å². The minimum absolute atomic E-state index is 0.0414. The van der Waals surface area contributed by atoms with Gasteiger partial charge in [0, 0.05) is 30.9 Å². The summed E-state index contributed by atoms with van der Waals surface area (Å²) < 4.78 is 5.90. The number of likely N-dealkylation sites (tertiary alicyclic amines) is 1. The molecule has 150 valence electrons. The Kier molecular flexibility index (Phi) is 5.46. The van der Waals surface area contributed by atoms with Crippen molar-refractivity contribution in [2.75, 3.05) is 23.7 Å². The highest BCUT2D eigenvalue weighted by Gasteiger charge is 2.28. The Labute approximate surface area is 169 Å². The molecule has 1 aromatic heterocycles. The number of piperidine rings is 1. The summed E-state index contributed by atoms with van der Waals surface area (Å²) in [7, 11) is 0. The van der Waals surface area contributed by atoms with E-state index in [1.54, 1.807) is 36.1 Å². The molecule has 3 aromatic rings. The van der Waals surface area contributed by atoms with Crippen molar-refractivity contribution in [2.45, 2.75) is 32.1 Å². The van der Waals surface area contributed by atoms with Crippen LogP contribution in [0.3, 0.4) is 0 Å². The third-order valence-electron chi connectivity index (χ3n) is 5.11. The van der Waals surface area contributed by atoms with Gasteiger partial charge in [-0.25, -0.2) is 9.78 Å². The molecule has 29 heavy (non-hydrogen) atoms. The van der Waals surface area contributed by atoms with E-state index in [0.717, 1.165) is 23.9 Å². The SMILES string of the molecule is CCC(=O)Nc1ccc(NC(=O)N2CCCC(c3nc4ccccc4o3)C2)cc1. The highest BCUT2D eigenvalue weighted by atomic mass is 16.3. The fourth-order valence-corrected chi connectivity index (χ4v) is 3.52. The Morgan fingerprint density at radius 3 is 2.55 bits per heavy atom. The van der Waals surface area contributed by atoms with Crippen LogP contribution in [0.2, 0.25) is 0 Å². The number of rotatable bonds is 4. The van der Waals surface area contributed by atoms with Crippen molar-refractivity contribution < 1.29 is 14.0 Å². The molecule has 1 unspecified atom stereocenters. The molecule has 1 aliphatic rings. The number of carbonyl (C=O) groups is 2. The molecular formula is C22H24N4O3. The van der Waals surface area contributed by atoms with Crippen LogP contribution in [0.1, 0.15) is 38.0 Å². The molecule has 0 spiro atoms. The molecule has 2 heterocycles. The van der Waals surface area contributed by atoms with E-state index in [-0.39, 0.29) is 17.9 Å². The number of nitrogens with one attached hydrogen (secondary N) is 2. The summed E-state index contributed by atoms with van der Waals surface area (Å²) in [6, 6.07) is 14.7. The fraction of sp³-hybridized carbons (Fsp3) is 0.318. The van der Waals surface area contributed by atoms with Crippen LogP contribution in [-0.2, 0) is 4.79 Å². The standard InChI is InChI=1S/C22H24N4O3/c1-2-20(27)23-16-9-11-17(12-10-16)24-22(28)26-13-5-6-15(14-26)21-25-18-7-3-4-8-19(18)29-21/h3-4,7-12,15H,2,5-6,13-14H2,1H3,(H,23,27)(H,24,28). The van der Waals surface area contributed by atoms with Crippen LogP contribution < -0.4 is 10.6 Å². The van der Waals surface area contributed by atoms with Gasteiger partial charge >= 0.3 is 6.03 Å². The summed E-state index contributed by atoms with van der Waals surface area (Å²) in [5.41, 5.74) is 3.02. The second kappa shape index (κ2) is 8.34. The molecule has 2 aromatic carbocycles. The third-order valence-corrected chi connectivity index (χ3v) is 5.11. The van der Waals surface area contributed by atoms with Crippen molar-refractivity contribution in [1.29, 1.82) is 0 Å². The van der Waals surface area contributed by atoms with Crippen LogP contribution >= 0.6 is 0 Å². The summed E-state index contributed by atoms with van der Waals surface area (Å²) >= 11 is 0. The number of urea groups is 1. The number of fused-ring (bicyclic) bond motifs is 1. The first-order valence-corrected chi connectivity index (χ1v) is 9.93. The zero-order valence-corrected chi connectivity index (χ0v) is 16.4. The number of para-hydroxylation sites is 2. The van der Waals surface area contributed by atoms with E-state index >= 15 is 0 Å². The minimum atomic E-state index is -0.142. The summed E-state index contributed by atoms with van der Waals surface area (Å²) in [6.45, 7) is 3.08. The zero-order valence-electron chi connectivity index (χ0n) is 16.4. The number of anilines is 2.